The molecule has 3 unspecified atom stereocenters. The van der Waals surface area contributed by atoms with Gasteiger partial charge in [-0.1, -0.05) is 31.9 Å². The maximum absolute atomic E-state index is 4.44. The van der Waals surface area contributed by atoms with E-state index in [-0.39, 0.29) is 0 Å². The fourth-order valence-corrected chi connectivity index (χ4v) is 3.93. The van der Waals surface area contributed by atoms with Gasteiger partial charge in [-0.25, -0.2) is 0 Å². The molecule has 1 heterocycles. The summed E-state index contributed by atoms with van der Waals surface area (Å²) in [6, 6.07) is 11.1. The summed E-state index contributed by atoms with van der Waals surface area (Å²) >= 11 is 0. The minimum Gasteiger partial charge on any atom is -0.319 e. The third-order valence-corrected chi connectivity index (χ3v) is 5.20. The first-order valence-electron chi connectivity index (χ1n) is 8.31. The summed E-state index contributed by atoms with van der Waals surface area (Å²) in [4.78, 5) is 4.44. The van der Waals surface area contributed by atoms with E-state index in [4.69, 9.17) is 0 Å². The Hall–Kier alpha value is -1.41. The zero-order valence-corrected chi connectivity index (χ0v) is 13.2. The molecule has 0 saturated heterocycles. The molecule has 0 amide bonds. The van der Waals surface area contributed by atoms with Crippen LogP contribution in [0.25, 0.3) is 10.9 Å². The highest BCUT2D eigenvalue weighted by Crippen LogP contribution is 2.42. The van der Waals surface area contributed by atoms with Crippen molar-refractivity contribution in [2.45, 2.75) is 38.5 Å². The van der Waals surface area contributed by atoms with Crippen LogP contribution in [0.2, 0.25) is 0 Å². The van der Waals surface area contributed by atoms with Gasteiger partial charge in [0.15, 0.2) is 0 Å². The van der Waals surface area contributed by atoms with Crippen LogP contribution in [0, 0.1) is 11.8 Å². The number of fused-ring (bicyclic) bond motifs is 1. The molecule has 1 saturated carbocycles. The number of nitrogens with zero attached hydrogens (tertiary/aromatic N) is 1. The highest BCUT2D eigenvalue weighted by Gasteiger charge is 2.30. The lowest BCUT2D eigenvalue weighted by molar-refractivity contribution is 0.228. The smallest absolute Gasteiger partial charge is 0.0702 e. The van der Waals surface area contributed by atoms with Crippen molar-refractivity contribution in [1.29, 1.82) is 0 Å². The van der Waals surface area contributed by atoms with E-state index in [1.54, 1.807) is 0 Å². The Kier molecular flexibility index (Phi) is 4.54. The molecule has 21 heavy (non-hydrogen) atoms. The highest BCUT2D eigenvalue weighted by molar-refractivity contribution is 5.79. The number of hydrogen-bond donors (Lipinski definition) is 1. The lowest BCUT2D eigenvalue weighted by atomic mass is 9.70. The van der Waals surface area contributed by atoms with Gasteiger partial charge in [0.1, 0.15) is 0 Å². The molecule has 1 fully saturated rings. The van der Waals surface area contributed by atoms with Gasteiger partial charge in [0.2, 0.25) is 0 Å². The normalized spacial score (nSPS) is 26.1. The van der Waals surface area contributed by atoms with Gasteiger partial charge in [-0.3, -0.25) is 4.98 Å². The Bertz CT molecular complexity index is 593. The largest absolute Gasteiger partial charge is 0.319 e. The number of pyridine rings is 1. The van der Waals surface area contributed by atoms with Gasteiger partial charge in [0.25, 0.3) is 0 Å². The molecule has 3 atom stereocenters. The van der Waals surface area contributed by atoms with Gasteiger partial charge in [0.05, 0.1) is 5.52 Å². The Balaban J connectivity index is 1.92. The number of hydrogen-bond acceptors (Lipinski definition) is 2. The van der Waals surface area contributed by atoms with E-state index in [9.17, 15) is 0 Å². The summed E-state index contributed by atoms with van der Waals surface area (Å²) in [5, 5.41) is 4.67. The predicted octanol–water partition coefficient (Wildman–Crippen LogP) is 4.36. The van der Waals surface area contributed by atoms with Crippen molar-refractivity contribution in [2.24, 2.45) is 11.8 Å². The quantitative estimate of drug-likeness (QED) is 0.901. The van der Waals surface area contributed by atoms with Gasteiger partial charge < -0.3 is 5.32 Å². The monoisotopic (exact) mass is 282 g/mol. The Morgan fingerprint density at radius 2 is 2.14 bits per heavy atom. The fraction of sp³-hybridized carbons (Fsp3) is 0.526. The molecule has 112 valence electrons. The lowest BCUT2D eigenvalue weighted by Gasteiger charge is -2.36. The Labute approximate surface area is 128 Å². The minimum absolute atomic E-state index is 0.695. The summed E-state index contributed by atoms with van der Waals surface area (Å²) in [6.45, 7) is 3.47. The molecular weight excluding hydrogens is 256 g/mol. The summed E-state index contributed by atoms with van der Waals surface area (Å²) in [7, 11) is 2.08. The van der Waals surface area contributed by atoms with Gasteiger partial charge >= 0.3 is 0 Å². The van der Waals surface area contributed by atoms with Gasteiger partial charge in [-0.15, -0.1) is 0 Å². The molecule has 2 nitrogen and oxygen atoms in total. The van der Waals surface area contributed by atoms with E-state index in [0.29, 0.717) is 5.92 Å². The van der Waals surface area contributed by atoms with Crippen LogP contribution >= 0.6 is 0 Å². The highest BCUT2D eigenvalue weighted by atomic mass is 14.8. The molecule has 1 aromatic carbocycles. The molecule has 1 aromatic heterocycles. The van der Waals surface area contributed by atoms with Crippen molar-refractivity contribution in [3.63, 3.8) is 0 Å². The molecule has 3 rings (SSSR count). The Morgan fingerprint density at radius 3 is 2.95 bits per heavy atom. The summed E-state index contributed by atoms with van der Waals surface area (Å²) < 4.78 is 0. The van der Waals surface area contributed by atoms with Crippen molar-refractivity contribution in [3.05, 3.63) is 42.1 Å². The van der Waals surface area contributed by atoms with Crippen molar-refractivity contribution >= 4 is 10.9 Å². The van der Waals surface area contributed by atoms with E-state index in [1.807, 2.05) is 12.3 Å². The maximum Gasteiger partial charge on any atom is 0.0702 e. The molecule has 0 radical (unpaired) electrons. The number of aromatic nitrogens is 1. The standard InChI is InChI=1S/C19H26N2/c1-3-14-6-7-17(13-20-2)18(11-14)15-8-9-19-16(12-15)5-4-10-21-19/h4-5,8-10,12,14,17-18,20H,3,6-7,11,13H2,1-2H3. The number of nitrogens with one attached hydrogen (secondary N) is 1. The molecule has 0 spiro atoms. The zero-order valence-electron chi connectivity index (χ0n) is 13.2. The maximum atomic E-state index is 4.44. The zero-order chi connectivity index (χ0) is 14.7. The van der Waals surface area contributed by atoms with E-state index < -0.39 is 0 Å². The molecular formula is C19H26N2. The predicted molar refractivity (Wildman–Crippen MR) is 89.5 cm³/mol. The lowest BCUT2D eigenvalue weighted by Crippen LogP contribution is -2.30. The van der Waals surface area contributed by atoms with Crippen molar-refractivity contribution in [2.75, 3.05) is 13.6 Å². The summed E-state index contributed by atoms with van der Waals surface area (Å²) in [5.41, 5.74) is 2.61. The SMILES string of the molecule is CCC1CCC(CNC)C(c2ccc3ncccc3c2)C1. The van der Waals surface area contributed by atoms with Crippen LogP contribution in [0.3, 0.4) is 0 Å². The van der Waals surface area contributed by atoms with Crippen LogP contribution in [-0.2, 0) is 0 Å². The van der Waals surface area contributed by atoms with Crippen molar-refractivity contribution in [3.8, 4) is 0 Å². The second-order valence-corrected chi connectivity index (χ2v) is 6.47. The first-order chi connectivity index (χ1) is 10.3. The van der Waals surface area contributed by atoms with Gasteiger partial charge in [-0.05, 0) is 68.0 Å². The third kappa shape index (κ3) is 3.11. The molecule has 2 heteroatoms. The van der Waals surface area contributed by atoms with Crippen LogP contribution in [-0.4, -0.2) is 18.6 Å². The third-order valence-electron chi connectivity index (χ3n) is 5.20. The first-order valence-corrected chi connectivity index (χ1v) is 8.31. The fourth-order valence-electron chi connectivity index (χ4n) is 3.93. The van der Waals surface area contributed by atoms with Gasteiger partial charge in [0, 0.05) is 11.6 Å². The molecule has 1 N–H and O–H groups in total. The van der Waals surface area contributed by atoms with E-state index in [2.05, 4.69) is 48.5 Å². The van der Waals surface area contributed by atoms with Crippen LogP contribution in [0.4, 0.5) is 0 Å². The van der Waals surface area contributed by atoms with Crippen molar-refractivity contribution < 1.29 is 0 Å². The minimum atomic E-state index is 0.695. The average Bonchev–Trinajstić information content (AvgIpc) is 2.55. The average molecular weight is 282 g/mol. The number of benzene rings is 1. The molecule has 1 aliphatic rings. The summed E-state index contributed by atoms with van der Waals surface area (Å²) in [6.07, 6.45) is 7.29. The van der Waals surface area contributed by atoms with E-state index >= 15 is 0 Å². The topological polar surface area (TPSA) is 24.9 Å². The van der Waals surface area contributed by atoms with Gasteiger partial charge in [-0.2, -0.15) is 0 Å². The summed E-state index contributed by atoms with van der Waals surface area (Å²) in [5.74, 6) is 2.36. The second-order valence-electron chi connectivity index (χ2n) is 6.47. The van der Waals surface area contributed by atoms with E-state index in [0.717, 1.165) is 23.9 Å². The van der Waals surface area contributed by atoms with Crippen LogP contribution in [0.5, 0.6) is 0 Å². The van der Waals surface area contributed by atoms with Crippen LogP contribution in [0.15, 0.2) is 36.5 Å². The molecule has 1 aliphatic carbocycles. The molecule has 2 aromatic rings. The molecule has 0 aliphatic heterocycles. The Morgan fingerprint density at radius 1 is 1.24 bits per heavy atom. The number of rotatable bonds is 4. The second kappa shape index (κ2) is 6.57. The van der Waals surface area contributed by atoms with Crippen LogP contribution in [0.1, 0.15) is 44.1 Å². The van der Waals surface area contributed by atoms with E-state index in [1.165, 1.54) is 36.6 Å². The van der Waals surface area contributed by atoms with Crippen molar-refractivity contribution in [1.82, 2.24) is 10.3 Å². The van der Waals surface area contributed by atoms with Crippen LogP contribution < -0.4 is 5.32 Å². The first kappa shape index (κ1) is 14.5. The molecule has 0 bridgehead atoms.